The Bertz CT molecular complexity index is 1690. The van der Waals surface area contributed by atoms with Crippen LogP contribution in [0.2, 0.25) is 0 Å². The monoisotopic (exact) mass is 820 g/mol. The van der Waals surface area contributed by atoms with Gasteiger partial charge in [-0.05, 0) is 105 Å². The van der Waals surface area contributed by atoms with E-state index >= 15 is 0 Å². The lowest BCUT2D eigenvalue weighted by Gasteiger charge is -2.65. The van der Waals surface area contributed by atoms with Gasteiger partial charge in [-0.25, -0.2) is 9.59 Å². The van der Waals surface area contributed by atoms with Crippen molar-refractivity contribution < 1.29 is 52.3 Å². The normalized spacial score (nSPS) is 34.5. The van der Waals surface area contributed by atoms with Gasteiger partial charge in [-0.15, -0.1) is 0 Å². The number of carbonyl (C=O) groups excluding carboxylic acids is 4. The summed E-state index contributed by atoms with van der Waals surface area (Å²) in [5, 5.41) is 0. The minimum Gasteiger partial charge on any atom is -0.497 e. The fraction of sp³-hybridized carbons (Fsp3) is 0.750. The van der Waals surface area contributed by atoms with E-state index in [1.807, 2.05) is 38.1 Å². The molecule has 2 heterocycles. The van der Waals surface area contributed by atoms with Gasteiger partial charge in [-0.1, -0.05) is 78.4 Å². The fourth-order valence-corrected chi connectivity index (χ4v) is 12.4. The molecule has 4 saturated carbocycles. The summed E-state index contributed by atoms with van der Waals surface area (Å²) in [6.07, 6.45) is 16.7. The molecule has 4 aliphatic carbocycles. The van der Waals surface area contributed by atoms with E-state index in [1.54, 1.807) is 13.2 Å². The molecule has 1 unspecified atom stereocenters. The number of fused-ring (bicyclic) bond motifs is 4. The third-order valence-corrected chi connectivity index (χ3v) is 15.4. The predicted molar refractivity (Wildman–Crippen MR) is 219 cm³/mol. The summed E-state index contributed by atoms with van der Waals surface area (Å²) >= 11 is 0. The van der Waals surface area contributed by atoms with Gasteiger partial charge in [0.15, 0.2) is 6.29 Å². The molecule has 0 amide bonds. The van der Waals surface area contributed by atoms with E-state index in [-0.39, 0.29) is 65.4 Å². The van der Waals surface area contributed by atoms with Crippen LogP contribution in [-0.4, -0.2) is 62.2 Å². The van der Waals surface area contributed by atoms with E-state index in [4.69, 9.17) is 33.2 Å². The van der Waals surface area contributed by atoms with Crippen LogP contribution in [0.15, 0.2) is 35.9 Å². The van der Waals surface area contributed by atoms with E-state index in [9.17, 15) is 19.2 Å². The maximum absolute atomic E-state index is 13.0. The SMILES string of the molecule is COc1ccc(C2O[C@H]3C[C@]4(O2)[C@@H]2CC[C@@H]5C[C@@H](OC(=O)CCCCCCCCCCC(=O)OC(=O)OCC(C)C)CC[C@]5(C)[C@H]2CC[C@]4(C)[C@H]3C2=CC(=O)OC2)cc1. The Morgan fingerprint density at radius 1 is 0.847 bits per heavy atom. The topological polar surface area (TPSA) is 133 Å². The highest BCUT2D eigenvalue weighted by Crippen LogP contribution is 2.73. The van der Waals surface area contributed by atoms with Crippen molar-refractivity contribution in [2.75, 3.05) is 20.3 Å². The number of methoxy groups -OCH3 is 1. The minimum atomic E-state index is -0.911. The standard InChI is InChI=1S/C48H68O11/c1-31(2)29-55-45(52)58-41(50)15-13-11-9-7-6-8-10-12-14-40(49)56-36-22-24-46(3)34(27-36)18-21-38-37(46)23-25-47(4)43(33-26-42(51)54-30-33)39-28-48(38,47)59-44(57-39)32-16-19-35(53-5)20-17-32/h16-17,19-20,26,31,34,36-39,43-44H,6-15,18,21-25,27-30H2,1-5H3/t34-,36+,37+,38-,39+,43+,44?,46+,47-,48+/m1/s1. The van der Waals surface area contributed by atoms with Crippen molar-refractivity contribution in [3.63, 3.8) is 0 Å². The van der Waals surface area contributed by atoms with Gasteiger partial charge in [0.1, 0.15) is 18.5 Å². The molecule has 59 heavy (non-hydrogen) atoms. The average molecular weight is 821 g/mol. The third-order valence-electron chi connectivity index (χ3n) is 15.4. The second kappa shape index (κ2) is 18.7. The van der Waals surface area contributed by atoms with Gasteiger partial charge in [0, 0.05) is 42.2 Å². The molecular weight excluding hydrogens is 753 g/mol. The highest BCUT2D eigenvalue weighted by atomic mass is 16.7. The van der Waals surface area contributed by atoms with Crippen LogP contribution >= 0.6 is 0 Å². The number of hydrogen-bond acceptors (Lipinski definition) is 11. The second-order valence-electron chi connectivity index (χ2n) is 19.4. The average Bonchev–Trinajstić information content (AvgIpc) is 3.71. The molecule has 1 aromatic carbocycles. The van der Waals surface area contributed by atoms with Crippen molar-refractivity contribution in [1.82, 2.24) is 0 Å². The number of rotatable bonds is 17. The minimum absolute atomic E-state index is 0.0158. The summed E-state index contributed by atoms with van der Waals surface area (Å²) in [6, 6.07) is 8.03. The Hall–Kier alpha value is -3.44. The van der Waals surface area contributed by atoms with Crippen LogP contribution in [0, 0.1) is 40.4 Å². The lowest BCUT2D eigenvalue weighted by atomic mass is 9.43. The van der Waals surface area contributed by atoms with E-state index in [1.165, 1.54) is 0 Å². The molecule has 10 atom stereocenters. The first kappa shape index (κ1) is 43.6. The fourth-order valence-electron chi connectivity index (χ4n) is 12.4. The van der Waals surface area contributed by atoms with Crippen molar-refractivity contribution in [2.45, 2.75) is 167 Å². The zero-order valence-electron chi connectivity index (χ0n) is 36.1. The van der Waals surface area contributed by atoms with Gasteiger partial charge in [-0.3, -0.25) is 9.59 Å². The lowest BCUT2D eigenvalue weighted by molar-refractivity contribution is -0.319. The van der Waals surface area contributed by atoms with E-state index in [0.717, 1.165) is 113 Å². The number of carbonyl (C=O) groups is 4. The van der Waals surface area contributed by atoms with Gasteiger partial charge in [0.2, 0.25) is 0 Å². The van der Waals surface area contributed by atoms with Gasteiger partial charge in [0.05, 0.1) is 25.4 Å². The number of unbranched alkanes of at least 4 members (excludes halogenated alkanes) is 7. The zero-order chi connectivity index (χ0) is 41.8. The molecule has 6 aliphatic rings. The predicted octanol–water partition coefficient (Wildman–Crippen LogP) is 10.1. The Morgan fingerprint density at radius 2 is 1.54 bits per heavy atom. The first-order valence-electron chi connectivity index (χ1n) is 22.8. The summed E-state index contributed by atoms with van der Waals surface area (Å²) in [7, 11) is 1.67. The van der Waals surface area contributed by atoms with Crippen LogP contribution in [0.25, 0.3) is 0 Å². The van der Waals surface area contributed by atoms with Crippen molar-refractivity contribution in [2.24, 2.45) is 40.4 Å². The van der Waals surface area contributed by atoms with Crippen LogP contribution in [0.5, 0.6) is 5.75 Å². The number of ether oxygens (including phenoxy) is 7. The van der Waals surface area contributed by atoms with Crippen LogP contribution in [0.3, 0.4) is 0 Å². The summed E-state index contributed by atoms with van der Waals surface area (Å²) in [6.45, 7) is 9.34. The van der Waals surface area contributed by atoms with Gasteiger partial charge >= 0.3 is 24.1 Å². The highest BCUT2D eigenvalue weighted by Gasteiger charge is 2.74. The van der Waals surface area contributed by atoms with Crippen molar-refractivity contribution in [3.8, 4) is 5.75 Å². The third kappa shape index (κ3) is 9.26. The van der Waals surface area contributed by atoms with Crippen LogP contribution in [0.1, 0.15) is 155 Å². The summed E-state index contributed by atoms with van der Waals surface area (Å²) < 4.78 is 41.0. The Morgan fingerprint density at radius 3 is 2.20 bits per heavy atom. The largest absolute Gasteiger partial charge is 0.516 e. The molecule has 2 bridgehead atoms. The molecule has 1 saturated heterocycles. The molecule has 7 rings (SSSR count). The highest BCUT2D eigenvalue weighted by molar-refractivity contribution is 5.85. The molecule has 0 aromatic heterocycles. The second-order valence-corrected chi connectivity index (χ2v) is 19.4. The molecule has 0 radical (unpaired) electrons. The Balaban J connectivity index is 0.868. The van der Waals surface area contributed by atoms with Crippen LogP contribution in [-0.2, 0) is 42.8 Å². The van der Waals surface area contributed by atoms with Crippen LogP contribution in [0.4, 0.5) is 4.79 Å². The smallest absolute Gasteiger partial charge is 0.497 e. The van der Waals surface area contributed by atoms with Crippen LogP contribution < -0.4 is 4.74 Å². The maximum Gasteiger partial charge on any atom is 0.516 e. The Labute approximate surface area is 350 Å². The van der Waals surface area contributed by atoms with Gasteiger partial charge in [0.25, 0.3) is 0 Å². The molecule has 2 aliphatic heterocycles. The quantitative estimate of drug-likeness (QED) is 0.0644. The molecule has 1 spiro atoms. The molecule has 0 N–H and O–H groups in total. The molecule has 326 valence electrons. The van der Waals surface area contributed by atoms with E-state index in [0.29, 0.717) is 37.2 Å². The molecule has 5 fully saturated rings. The lowest BCUT2D eigenvalue weighted by Crippen LogP contribution is -2.63. The number of esters is 3. The summed E-state index contributed by atoms with van der Waals surface area (Å²) in [4.78, 5) is 48.7. The van der Waals surface area contributed by atoms with Gasteiger partial charge < -0.3 is 33.2 Å². The molecule has 11 heteroatoms. The van der Waals surface area contributed by atoms with Crippen molar-refractivity contribution >= 4 is 24.1 Å². The van der Waals surface area contributed by atoms with E-state index in [2.05, 4.69) is 13.8 Å². The summed E-state index contributed by atoms with van der Waals surface area (Å²) in [5.41, 5.74) is 1.60. The zero-order valence-corrected chi connectivity index (χ0v) is 36.1. The molecular formula is C48H68O11. The van der Waals surface area contributed by atoms with Crippen molar-refractivity contribution in [3.05, 3.63) is 41.5 Å². The molecule has 11 nitrogen and oxygen atoms in total. The first-order valence-corrected chi connectivity index (χ1v) is 22.8. The number of cyclic esters (lactones) is 1. The Kier molecular flexibility index (Phi) is 13.8. The van der Waals surface area contributed by atoms with Gasteiger partial charge in [-0.2, -0.15) is 0 Å². The van der Waals surface area contributed by atoms with E-state index < -0.39 is 18.4 Å². The first-order chi connectivity index (χ1) is 28.3. The summed E-state index contributed by atoms with van der Waals surface area (Å²) in [5.74, 6) is 1.56. The molecule has 1 aromatic rings. The maximum atomic E-state index is 13.0. The van der Waals surface area contributed by atoms with Crippen molar-refractivity contribution in [1.29, 1.82) is 0 Å². The number of benzene rings is 1. The number of hydrogen-bond donors (Lipinski definition) is 0.